The Labute approximate surface area is 26.9 Å². The van der Waals surface area contributed by atoms with E-state index in [2.05, 4.69) is 0 Å². The largest absolute Gasteiger partial charge is 0.376 e. The summed E-state index contributed by atoms with van der Waals surface area (Å²) in [5.74, 6) is 0. The topological polar surface area (TPSA) is 46.2 Å². The summed E-state index contributed by atoms with van der Waals surface area (Å²) < 4.78 is 0. The molecular formula is CH6NOP. The maximum atomic E-state index is 7.78. The summed E-state index contributed by atoms with van der Waals surface area (Å²) in [6.45, 7) is 0. The van der Waals surface area contributed by atoms with E-state index in [9.17, 15) is 0 Å². The van der Waals surface area contributed by atoms with Gasteiger partial charge in [-0.2, -0.15) is 0 Å². The predicted octanol–water partition coefficient (Wildman–Crippen LogP) is -0.512. The van der Waals surface area contributed by atoms with Gasteiger partial charge < -0.3 is 10.6 Å². The molecule has 0 rings (SSSR count). The predicted molar refractivity (Wildman–Crippen MR) is 19.6 cm³/mol. The van der Waals surface area contributed by atoms with Crippen LogP contribution >= 0.6 is 8.81 Å². The van der Waals surface area contributed by atoms with E-state index >= 15 is 0 Å². The summed E-state index contributed by atoms with van der Waals surface area (Å²) in [5, 5.41) is 0. The minimum Gasteiger partial charge on any atom is -0.376 e. The second kappa shape index (κ2) is 3.35. The Morgan fingerprint density at radius 3 is 2.25 bits per heavy atom. The molecule has 3 heteroatoms. The summed E-state index contributed by atoms with van der Waals surface area (Å²) >= 11 is 0. The minimum absolute atomic E-state index is 0.0818. The van der Waals surface area contributed by atoms with Crippen LogP contribution in [0.1, 0.15) is 0 Å². The fourth-order valence-electron chi connectivity index (χ4n) is 0. The zero-order chi connectivity index (χ0) is 3.41. The van der Waals surface area contributed by atoms with Crippen molar-refractivity contribution in [1.82, 2.24) is 0 Å². The molecule has 0 bridgehead atoms. The van der Waals surface area contributed by atoms with Gasteiger partial charge in [0.05, 0.1) is 0 Å². The second-order valence-corrected chi connectivity index (χ2v) is 1.09. The Morgan fingerprint density at radius 2 is 2.25 bits per heavy atom. The van der Waals surface area contributed by atoms with E-state index in [1.807, 2.05) is 0 Å². The average Bonchev–Trinajstić information content (AvgIpc) is 1.37. The van der Waals surface area contributed by atoms with Gasteiger partial charge in [-0.05, 0) is 0 Å². The molecule has 0 heterocycles. The summed E-state index contributed by atoms with van der Waals surface area (Å²) in [6.07, 6.45) is 0.403. The minimum atomic E-state index is -0.0818. The lowest BCUT2D eigenvalue weighted by molar-refractivity contribution is 0.645. The number of hydrogen-bond acceptors (Lipinski definition) is 2. The molecular weight excluding hydrogens is 73.0 g/mol. The van der Waals surface area contributed by atoms with Crippen molar-refractivity contribution >= 4 is 8.81 Å². The van der Waals surface area contributed by atoms with Gasteiger partial charge in [-0.25, -0.2) is 0 Å². The van der Waals surface area contributed by atoms with Gasteiger partial charge in [0.25, 0.3) is 0 Å². The summed E-state index contributed by atoms with van der Waals surface area (Å²) in [6, 6.07) is 0. The first-order valence-electron chi connectivity index (χ1n) is 0.985. The molecule has 0 aromatic heterocycles. The molecule has 0 spiro atoms. The zero-order valence-electron chi connectivity index (χ0n) is 2.23. The number of nitrogens with two attached hydrogens (primary N) is 1. The third-order valence-corrected chi connectivity index (χ3v) is 0.274. The van der Waals surface area contributed by atoms with Gasteiger partial charge in [0.2, 0.25) is 0 Å². The zero-order valence-corrected chi connectivity index (χ0v) is 3.23. The van der Waals surface area contributed by atoms with Crippen LogP contribution in [0.5, 0.6) is 0 Å². The monoisotopic (exact) mass is 79.0 g/mol. The van der Waals surface area contributed by atoms with Crippen LogP contribution in [-0.4, -0.2) is 11.2 Å². The molecule has 26 valence electrons. The Balaban J connectivity index is 1.97. The highest BCUT2D eigenvalue weighted by molar-refractivity contribution is 7.30. The fraction of sp³-hybridized carbons (Fsp3) is 1.00. The van der Waals surface area contributed by atoms with Gasteiger partial charge in [0, 0.05) is 15.1 Å². The van der Waals surface area contributed by atoms with Crippen LogP contribution in [0.3, 0.4) is 0 Å². The Morgan fingerprint density at radius 1 is 2.00 bits per heavy atom. The molecule has 0 aliphatic rings. The van der Waals surface area contributed by atoms with E-state index in [0.717, 1.165) is 0 Å². The average molecular weight is 79.0 g/mol. The summed E-state index contributed by atoms with van der Waals surface area (Å²) in [5.41, 5.74) is 4.79. The van der Waals surface area contributed by atoms with E-state index in [1.54, 1.807) is 0 Å². The van der Waals surface area contributed by atoms with Crippen molar-refractivity contribution < 1.29 is 4.89 Å². The third kappa shape index (κ3) is 2.35. The molecule has 4 heavy (non-hydrogen) atoms. The molecule has 0 radical (unpaired) electrons. The van der Waals surface area contributed by atoms with Gasteiger partial charge in [-0.1, -0.05) is 0 Å². The molecule has 0 aliphatic heterocycles. The molecule has 0 amide bonds. The van der Waals surface area contributed by atoms with Crippen LogP contribution in [0.25, 0.3) is 0 Å². The van der Waals surface area contributed by atoms with Crippen LogP contribution in [0.2, 0.25) is 0 Å². The highest BCUT2D eigenvalue weighted by Crippen LogP contribution is 1.89. The lowest BCUT2D eigenvalue weighted by Crippen LogP contribution is -1.86. The SMILES string of the molecule is NCPO. The highest BCUT2D eigenvalue weighted by atomic mass is 31.1. The number of hydrogen-bond donors (Lipinski definition) is 2. The van der Waals surface area contributed by atoms with Crippen molar-refractivity contribution in [3.63, 3.8) is 0 Å². The van der Waals surface area contributed by atoms with Gasteiger partial charge >= 0.3 is 0 Å². The van der Waals surface area contributed by atoms with E-state index in [4.69, 9.17) is 10.6 Å². The second-order valence-electron chi connectivity index (χ2n) is 0.362. The van der Waals surface area contributed by atoms with Crippen LogP contribution in [-0.2, 0) is 0 Å². The van der Waals surface area contributed by atoms with E-state index in [-0.39, 0.29) is 8.81 Å². The smallest absolute Gasteiger partial charge is 0.0345 e. The first kappa shape index (κ1) is 4.35. The van der Waals surface area contributed by atoms with Crippen molar-refractivity contribution in [3.8, 4) is 0 Å². The van der Waals surface area contributed by atoms with E-state index < -0.39 is 0 Å². The normalized spacial score (nSPS) is 10.5. The lowest BCUT2D eigenvalue weighted by atomic mass is 11.6. The summed E-state index contributed by atoms with van der Waals surface area (Å²) in [7, 11) is -0.0818. The van der Waals surface area contributed by atoms with Crippen molar-refractivity contribution in [2.75, 3.05) is 6.29 Å². The third-order valence-electron chi connectivity index (χ3n) is 0.0913. The van der Waals surface area contributed by atoms with Gasteiger partial charge in [-0.3, -0.25) is 0 Å². The van der Waals surface area contributed by atoms with Crippen molar-refractivity contribution in [3.05, 3.63) is 0 Å². The number of rotatable bonds is 1. The maximum Gasteiger partial charge on any atom is 0.0345 e. The van der Waals surface area contributed by atoms with Crippen molar-refractivity contribution in [2.45, 2.75) is 0 Å². The maximum absolute atomic E-state index is 7.78. The highest BCUT2D eigenvalue weighted by Gasteiger charge is 1.56. The molecule has 1 atom stereocenters. The first-order valence-corrected chi connectivity index (χ1v) is 2.14. The standard InChI is InChI=1S/CH6NOP/c2-1-4-3/h3-4H,1-2H2. The Bertz CT molecular complexity index is 10.0. The molecule has 0 aromatic rings. The molecule has 0 aliphatic carbocycles. The fourth-order valence-corrected chi connectivity index (χ4v) is 0. The van der Waals surface area contributed by atoms with E-state index in [0.29, 0.717) is 6.29 Å². The first-order chi connectivity index (χ1) is 1.91. The molecule has 3 N–H and O–H groups in total. The quantitative estimate of drug-likeness (QED) is 0.416. The molecule has 0 fully saturated rings. The Kier molecular flexibility index (Phi) is 3.64. The molecule has 0 aromatic carbocycles. The van der Waals surface area contributed by atoms with E-state index in [1.165, 1.54) is 0 Å². The van der Waals surface area contributed by atoms with Crippen LogP contribution < -0.4 is 5.73 Å². The van der Waals surface area contributed by atoms with Crippen molar-refractivity contribution in [2.24, 2.45) is 5.73 Å². The molecule has 1 unspecified atom stereocenters. The summed E-state index contributed by atoms with van der Waals surface area (Å²) in [4.78, 5) is 7.78. The van der Waals surface area contributed by atoms with Crippen molar-refractivity contribution in [1.29, 1.82) is 0 Å². The van der Waals surface area contributed by atoms with Gasteiger partial charge in [-0.15, -0.1) is 0 Å². The van der Waals surface area contributed by atoms with Gasteiger partial charge in [0.15, 0.2) is 0 Å². The molecule has 0 saturated carbocycles. The Hall–Kier alpha value is 0.350. The van der Waals surface area contributed by atoms with Crippen LogP contribution in [0, 0.1) is 0 Å². The molecule has 2 nitrogen and oxygen atoms in total. The van der Waals surface area contributed by atoms with Crippen LogP contribution in [0.4, 0.5) is 0 Å². The van der Waals surface area contributed by atoms with Gasteiger partial charge in [0.1, 0.15) is 0 Å². The molecule has 0 saturated heterocycles. The lowest BCUT2D eigenvalue weighted by Gasteiger charge is -1.71. The van der Waals surface area contributed by atoms with Crippen LogP contribution in [0.15, 0.2) is 0 Å².